The summed E-state index contributed by atoms with van der Waals surface area (Å²) in [4.78, 5) is 16.6. The summed E-state index contributed by atoms with van der Waals surface area (Å²) in [6, 6.07) is 17.2. The van der Waals surface area contributed by atoms with Gasteiger partial charge in [0.25, 0.3) is 15.9 Å². The molecule has 32 heavy (non-hydrogen) atoms. The third-order valence-electron chi connectivity index (χ3n) is 4.85. The number of sulfonamides is 1. The van der Waals surface area contributed by atoms with Gasteiger partial charge in [-0.25, -0.2) is 13.8 Å². The van der Waals surface area contributed by atoms with E-state index in [1.54, 1.807) is 60.9 Å². The minimum Gasteiger partial charge on any atom is -0.271 e. The number of hydrazone groups is 1. The Hall–Kier alpha value is -3.52. The maximum Gasteiger partial charge on any atom is 0.264 e. The Morgan fingerprint density at radius 1 is 1.03 bits per heavy atom. The maximum atomic E-state index is 13.4. The number of hydrogen-bond donors (Lipinski definition) is 1. The van der Waals surface area contributed by atoms with E-state index in [1.165, 1.54) is 6.21 Å². The zero-order valence-electron chi connectivity index (χ0n) is 18.3. The summed E-state index contributed by atoms with van der Waals surface area (Å²) < 4.78 is 27.9. The molecule has 0 saturated carbocycles. The number of aryl methyl sites for hydroxylation is 1. The number of rotatable bonds is 8. The van der Waals surface area contributed by atoms with E-state index >= 15 is 0 Å². The highest BCUT2D eigenvalue weighted by Gasteiger charge is 2.27. The molecule has 0 radical (unpaired) electrons. The van der Waals surface area contributed by atoms with Gasteiger partial charge >= 0.3 is 0 Å². The van der Waals surface area contributed by atoms with Crippen molar-refractivity contribution in [2.45, 2.75) is 31.6 Å². The molecule has 2 aromatic carbocycles. The van der Waals surface area contributed by atoms with E-state index in [4.69, 9.17) is 0 Å². The molecule has 0 unspecified atom stereocenters. The van der Waals surface area contributed by atoms with E-state index in [9.17, 15) is 13.2 Å². The topological polar surface area (TPSA) is 91.7 Å². The fourth-order valence-corrected chi connectivity index (χ4v) is 4.39. The summed E-state index contributed by atoms with van der Waals surface area (Å²) in [5.41, 5.74) is 5.58. The molecule has 1 aromatic heterocycles. The number of amides is 1. The Bertz CT molecular complexity index is 1170. The van der Waals surface area contributed by atoms with Crippen molar-refractivity contribution in [3.05, 3.63) is 89.7 Å². The van der Waals surface area contributed by atoms with Gasteiger partial charge < -0.3 is 0 Å². The van der Waals surface area contributed by atoms with Gasteiger partial charge in [-0.3, -0.25) is 14.1 Å². The second kappa shape index (κ2) is 10.2. The molecule has 3 rings (SSSR count). The lowest BCUT2D eigenvalue weighted by Gasteiger charge is -2.24. The van der Waals surface area contributed by atoms with Crippen LogP contribution >= 0.6 is 0 Å². The Balaban J connectivity index is 1.87. The predicted octanol–water partition coefficient (Wildman–Crippen LogP) is 3.86. The number of carbonyl (C=O) groups excluding carboxylic acids is 1. The maximum absolute atomic E-state index is 13.4. The van der Waals surface area contributed by atoms with Crippen molar-refractivity contribution in [2.75, 3.05) is 10.8 Å². The minimum absolute atomic E-state index is 0.115. The van der Waals surface area contributed by atoms with Crippen molar-refractivity contribution in [1.29, 1.82) is 0 Å². The summed E-state index contributed by atoms with van der Waals surface area (Å²) in [5, 5.41) is 3.92. The second-order valence-corrected chi connectivity index (χ2v) is 9.51. The summed E-state index contributed by atoms with van der Waals surface area (Å²) in [6.07, 6.45) is 4.69. The van der Waals surface area contributed by atoms with Crippen LogP contribution in [0.25, 0.3) is 0 Å². The molecule has 0 spiro atoms. The second-order valence-electron chi connectivity index (χ2n) is 7.64. The summed E-state index contributed by atoms with van der Waals surface area (Å²) in [5.74, 6) is -0.254. The van der Waals surface area contributed by atoms with Gasteiger partial charge in [-0.2, -0.15) is 5.10 Å². The van der Waals surface area contributed by atoms with Gasteiger partial charge in [0.15, 0.2) is 0 Å². The number of anilines is 1. The average molecular weight is 451 g/mol. The standard InChI is InChI=1S/C24H26N4O3S/c1-18(2)21-6-8-22(9-7-21)28(32(30,31)23-10-4-19(3)5-11-23)17-24(29)27-26-16-20-12-14-25-15-13-20/h4-16,18H,17H2,1-3H3,(H,27,29)/b26-16-. The fourth-order valence-electron chi connectivity index (χ4n) is 2.97. The van der Waals surface area contributed by atoms with Gasteiger partial charge in [0, 0.05) is 12.4 Å². The van der Waals surface area contributed by atoms with Crippen LogP contribution in [0.3, 0.4) is 0 Å². The zero-order chi connectivity index (χ0) is 23.1. The van der Waals surface area contributed by atoms with Crippen LogP contribution in [0.1, 0.15) is 36.5 Å². The highest BCUT2D eigenvalue weighted by Crippen LogP contribution is 2.26. The number of nitrogens with zero attached hydrogens (tertiary/aromatic N) is 3. The monoisotopic (exact) mass is 450 g/mol. The van der Waals surface area contributed by atoms with E-state index in [2.05, 4.69) is 29.4 Å². The molecule has 1 N–H and O–H groups in total. The number of pyridine rings is 1. The first-order valence-corrected chi connectivity index (χ1v) is 11.6. The lowest BCUT2D eigenvalue weighted by atomic mass is 10.0. The van der Waals surface area contributed by atoms with Gasteiger partial charge in [-0.15, -0.1) is 0 Å². The van der Waals surface area contributed by atoms with Crippen LogP contribution in [0.15, 0.2) is 83.1 Å². The van der Waals surface area contributed by atoms with Crippen LogP contribution in [0.2, 0.25) is 0 Å². The Morgan fingerprint density at radius 2 is 1.66 bits per heavy atom. The van der Waals surface area contributed by atoms with Crippen molar-refractivity contribution in [2.24, 2.45) is 5.10 Å². The Labute approximate surface area is 188 Å². The molecule has 0 fully saturated rings. The molecule has 0 atom stereocenters. The predicted molar refractivity (Wildman–Crippen MR) is 126 cm³/mol. The van der Waals surface area contributed by atoms with Crippen molar-refractivity contribution in [3.8, 4) is 0 Å². The van der Waals surface area contributed by atoms with Crippen molar-refractivity contribution < 1.29 is 13.2 Å². The molecular weight excluding hydrogens is 424 g/mol. The lowest BCUT2D eigenvalue weighted by molar-refractivity contribution is -0.119. The van der Waals surface area contributed by atoms with E-state index in [0.29, 0.717) is 11.6 Å². The van der Waals surface area contributed by atoms with E-state index in [0.717, 1.165) is 21.0 Å². The highest BCUT2D eigenvalue weighted by molar-refractivity contribution is 7.92. The normalized spacial score (nSPS) is 11.6. The quantitative estimate of drug-likeness (QED) is 0.417. The molecule has 0 bridgehead atoms. The van der Waals surface area contributed by atoms with Gasteiger partial charge in [0.2, 0.25) is 0 Å². The highest BCUT2D eigenvalue weighted by atomic mass is 32.2. The lowest BCUT2D eigenvalue weighted by Crippen LogP contribution is -2.39. The van der Waals surface area contributed by atoms with Crippen LogP contribution in [0, 0.1) is 6.92 Å². The van der Waals surface area contributed by atoms with Gasteiger partial charge in [0.05, 0.1) is 16.8 Å². The van der Waals surface area contributed by atoms with Crippen LogP contribution in [-0.4, -0.2) is 32.1 Å². The number of benzene rings is 2. The average Bonchev–Trinajstić information content (AvgIpc) is 2.78. The summed E-state index contributed by atoms with van der Waals surface area (Å²) in [6.45, 7) is 5.59. The first-order valence-electron chi connectivity index (χ1n) is 10.2. The van der Waals surface area contributed by atoms with Crippen LogP contribution < -0.4 is 9.73 Å². The molecule has 1 heterocycles. The van der Waals surface area contributed by atoms with E-state index < -0.39 is 22.5 Å². The van der Waals surface area contributed by atoms with Gasteiger partial charge in [-0.1, -0.05) is 43.7 Å². The third kappa shape index (κ3) is 5.79. The summed E-state index contributed by atoms with van der Waals surface area (Å²) >= 11 is 0. The molecule has 0 saturated heterocycles. The molecule has 7 nitrogen and oxygen atoms in total. The number of aromatic nitrogens is 1. The zero-order valence-corrected chi connectivity index (χ0v) is 19.1. The van der Waals surface area contributed by atoms with E-state index in [1.807, 2.05) is 19.1 Å². The SMILES string of the molecule is Cc1ccc(S(=O)(=O)N(CC(=O)N/N=C\c2ccncc2)c2ccc(C(C)C)cc2)cc1. The molecule has 8 heteroatoms. The van der Waals surface area contributed by atoms with Crippen LogP contribution in [-0.2, 0) is 14.8 Å². The van der Waals surface area contributed by atoms with Crippen LogP contribution in [0.5, 0.6) is 0 Å². The molecule has 3 aromatic rings. The van der Waals surface area contributed by atoms with Crippen LogP contribution in [0.4, 0.5) is 5.69 Å². The number of hydrogen-bond acceptors (Lipinski definition) is 5. The first kappa shape index (κ1) is 23.1. The van der Waals surface area contributed by atoms with Crippen molar-refractivity contribution in [1.82, 2.24) is 10.4 Å². The fraction of sp³-hybridized carbons (Fsp3) is 0.208. The summed E-state index contributed by atoms with van der Waals surface area (Å²) in [7, 11) is -3.96. The Kier molecular flexibility index (Phi) is 7.37. The molecule has 0 aliphatic rings. The number of carbonyl (C=O) groups is 1. The van der Waals surface area contributed by atoms with Crippen molar-refractivity contribution in [3.63, 3.8) is 0 Å². The Morgan fingerprint density at radius 3 is 2.25 bits per heavy atom. The van der Waals surface area contributed by atoms with Crippen molar-refractivity contribution >= 4 is 27.8 Å². The molecule has 0 aliphatic carbocycles. The molecule has 0 aliphatic heterocycles. The van der Waals surface area contributed by atoms with E-state index in [-0.39, 0.29) is 4.90 Å². The minimum atomic E-state index is -3.96. The van der Waals surface area contributed by atoms with Gasteiger partial charge in [0.1, 0.15) is 6.54 Å². The smallest absolute Gasteiger partial charge is 0.264 e. The first-order chi connectivity index (χ1) is 15.3. The third-order valence-corrected chi connectivity index (χ3v) is 6.64. The number of nitrogens with one attached hydrogen (secondary N) is 1. The molecule has 166 valence electrons. The molecular formula is C24H26N4O3S. The molecule has 1 amide bonds. The largest absolute Gasteiger partial charge is 0.271 e. The van der Waals surface area contributed by atoms with Gasteiger partial charge in [-0.05, 0) is 60.4 Å².